The SMILES string of the molecule is CCC(C)(CC(C)(CC(C)(C)C(=O)OCC1CCC(OC(=O)COc2ccc([I+]c3ccc(C)cc3)cc2)C(O)C1)C(=O)OCC1CCC2OC2C1)C(=O)OCCOn1c2ccccc2c2ccccc21. The third-order valence-corrected chi connectivity index (χ3v) is 17.2. The molecule has 4 aromatic carbocycles. The van der Waals surface area contributed by atoms with Gasteiger partial charge in [-0.2, -0.15) is 4.73 Å². The van der Waals surface area contributed by atoms with Gasteiger partial charge in [0.25, 0.3) is 0 Å². The molecule has 3 aliphatic rings. The van der Waals surface area contributed by atoms with Crippen molar-refractivity contribution in [2.45, 2.75) is 124 Å². The minimum Gasteiger partial charge on any atom is -0.482 e. The van der Waals surface area contributed by atoms with E-state index in [0.29, 0.717) is 31.1 Å². The molecule has 0 spiro atoms. The van der Waals surface area contributed by atoms with Crippen molar-refractivity contribution in [1.82, 2.24) is 4.73 Å². The Hall–Kier alpha value is -5.19. The predicted octanol–water partition coefficient (Wildman–Crippen LogP) is 6.24. The Morgan fingerprint density at radius 1 is 0.676 bits per heavy atom. The van der Waals surface area contributed by atoms with Crippen molar-refractivity contribution < 1.29 is 78.7 Å². The summed E-state index contributed by atoms with van der Waals surface area (Å²) in [4.78, 5) is 61.5. The molecule has 1 aliphatic heterocycles. The van der Waals surface area contributed by atoms with Crippen LogP contribution < -0.4 is 30.8 Å². The lowest BCUT2D eigenvalue weighted by Gasteiger charge is -2.40. The molecule has 0 bridgehead atoms. The molecule has 71 heavy (non-hydrogen) atoms. The van der Waals surface area contributed by atoms with Crippen LogP contribution in [0.2, 0.25) is 0 Å². The number of aliphatic hydroxyl groups is 1. The molecule has 2 saturated carbocycles. The van der Waals surface area contributed by atoms with Crippen molar-refractivity contribution in [2.75, 3.05) is 33.0 Å². The lowest BCUT2D eigenvalue weighted by atomic mass is 9.65. The second kappa shape index (κ2) is 22.7. The smallest absolute Gasteiger partial charge is 0.357 e. The number of aliphatic hydroxyl groups excluding tert-OH is 1. The molecule has 8 unspecified atom stereocenters. The van der Waals surface area contributed by atoms with E-state index in [0.717, 1.165) is 41.1 Å². The largest absolute Gasteiger partial charge is 0.482 e. The Labute approximate surface area is 427 Å². The number of carbonyl (C=O) groups excluding carboxylic acids is 4. The highest BCUT2D eigenvalue weighted by Crippen LogP contribution is 2.47. The van der Waals surface area contributed by atoms with Crippen LogP contribution in [0.25, 0.3) is 21.8 Å². The topological polar surface area (TPSA) is 161 Å². The second-order valence-corrected chi connectivity index (χ2v) is 24.0. The number of hydrogen-bond acceptors (Lipinski definition) is 12. The number of halogens is 1. The standard InChI is InChI=1S/C57H69INO12/c1-7-56(5,53(63)65-28-29-69-59-45-14-10-8-12-43(45)44-13-9-11-15-46(44)59)36-57(6,54(64)68-33-39-19-27-49-50(31-39)70-49)35-55(3,4)52(62)67-32-38-18-26-48(47(60)30-38)71-51(61)34-66-42-24-22-41(23-25-42)58-40-20-16-37(2)17-21-40/h8-17,20-25,38-39,47-50,60H,7,18-19,26-36H2,1-6H3/q+1. The fourth-order valence-electron chi connectivity index (χ4n) is 10.5. The molecule has 1 saturated heterocycles. The summed E-state index contributed by atoms with van der Waals surface area (Å²) in [5, 5.41) is 13.2. The Balaban J connectivity index is 0.829. The summed E-state index contributed by atoms with van der Waals surface area (Å²) >= 11 is -0.327. The molecule has 8 rings (SSSR count). The highest BCUT2D eigenvalue weighted by Gasteiger charge is 2.51. The molecule has 2 aliphatic carbocycles. The first-order valence-electron chi connectivity index (χ1n) is 25.1. The number of para-hydroxylation sites is 2. The maximum atomic E-state index is 14.4. The number of rotatable bonds is 22. The molecule has 1 N–H and O–H groups in total. The summed E-state index contributed by atoms with van der Waals surface area (Å²) in [7, 11) is 0. The van der Waals surface area contributed by atoms with Crippen LogP contribution in [0.5, 0.6) is 5.75 Å². The van der Waals surface area contributed by atoms with Gasteiger partial charge in [0.2, 0.25) is 0 Å². The lowest BCUT2D eigenvalue weighted by molar-refractivity contribution is -0.597. The van der Waals surface area contributed by atoms with Crippen LogP contribution >= 0.6 is 0 Å². The first kappa shape index (κ1) is 52.1. The Morgan fingerprint density at radius 2 is 1.27 bits per heavy atom. The highest BCUT2D eigenvalue weighted by molar-refractivity contribution is 6.07. The van der Waals surface area contributed by atoms with Crippen LogP contribution in [0.3, 0.4) is 0 Å². The summed E-state index contributed by atoms with van der Waals surface area (Å²) in [6.45, 7) is 11.1. The molecule has 0 amide bonds. The van der Waals surface area contributed by atoms with Gasteiger partial charge in [-0.15, -0.1) is 0 Å². The Kier molecular flexibility index (Phi) is 16.7. The average Bonchev–Trinajstić information content (AvgIpc) is 4.08. The van der Waals surface area contributed by atoms with Gasteiger partial charge in [0.15, 0.2) is 13.7 Å². The fourth-order valence-corrected chi connectivity index (χ4v) is 12.6. The van der Waals surface area contributed by atoms with Crippen LogP contribution in [-0.2, 0) is 42.9 Å². The number of benzene rings is 4. The van der Waals surface area contributed by atoms with Crippen molar-refractivity contribution in [3.05, 3.63) is 110 Å². The van der Waals surface area contributed by atoms with E-state index in [2.05, 4.69) is 31.2 Å². The van der Waals surface area contributed by atoms with Gasteiger partial charge in [0.1, 0.15) is 25.1 Å². The van der Waals surface area contributed by atoms with Gasteiger partial charge in [-0.1, -0.05) is 61.0 Å². The van der Waals surface area contributed by atoms with Crippen LogP contribution in [0.1, 0.15) is 98.0 Å². The quantitative estimate of drug-likeness (QED) is 0.0274. The van der Waals surface area contributed by atoms with Crippen LogP contribution in [-0.4, -0.2) is 91.2 Å². The zero-order chi connectivity index (χ0) is 50.3. The number of aryl methyl sites for hydroxylation is 1. The summed E-state index contributed by atoms with van der Waals surface area (Å²) in [6, 6.07) is 32.3. The number of fused-ring (bicyclic) bond motifs is 4. The van der Waals surface area contributed by atoms with Crippen molar-refractivity contribution in [2.24, 2.45) is 28.1 Å². The number of epoxide rings is 1. The number of esters is 4. The number of aromatic nitrogens is 1. The van der Waals surface area contributed by atoms with E-state index in [-0.39, 0.29) is 91.4 Å². The first-order valence-corrected chi connectivity index (χ1v) is 27.3. The normalized spacial score (nSPS) is 22.6. The average molecular weight is 1090 g/mol. The highest BCUT2D eigenvalue weighted by atomic mass is 127. The van der Waals surface area contributed by atoms with Gasteiger partial charge < -0.3 is 38.4 Å². The number of ether oxygens (including phenoxy) is 6. The van der Waals surface area contributed by atoms with Gasteiger partial charge in [-0.05, 0) is 153 Å². The van der Waals surface area contributed by atoms with E-state index in [1.54, 1.807) is 32.4 Å². The Bertz CT molecular complexity index is 2590. The maximum absolute atomic E-state index is 14.4. The maximum Gasteiger partial charge on any atom is 0.357 e. The predicted molar refractivity (Wildman–Crippen MR) is 263 cm³/mol. The van der Waals surface area contributed by atoms with E-state index in [4.69, 9.17) is 33.3 Å². The van der Waals surface area contributed by atoms with Gasteiger partial charge in [-0.25, -0.2) is 4.79 Å². The third-order valence-electron chi connectivity index (χ3n) is 14.6. The summed E-state index contributed by atoms with van der Waals surface area (Å²) in [5.74, 6) is -1.46. The van der Waals surface area contributed by atoms with Crippen molar-refractivity contribution in [1.29, 1.82) is 0 Å². The molecule has 5 aromatic rings. The van der Waals surface area contributed by atoms with E-state index >= 15 is 0 Å². The third kappa shape index (κ3) is 13.1. The summed E-state index contributed by atoms with van der Waals surface area (Å²) < 4.78 is 39.3. The Morgan fingerprint density at radius 3 is 1.90 bits per heavy atom. The van der Waals surface area contributed by atoms with Crippen LogP contribution in [0.4, 0.5) is 0 Å². The molecule has 0 radical (unpaired) electrons. The van der Waals surface area contributed by atoms with Gasteiger partial charge in [0, 0.05) is 10.8 Å². The number of carbonyl (C=O) groups is 4. The molecule has 3 fully saturated rings. The van der Waals surface area contributed by atoms with Crippen molar-refractivity contribution in [3.8, 4) is 5.75 Å². The molecular formula is C57H69INO12+. The van der Waals surface area contributed by atoms with E-state index in [9.17, 15) is 24.3 Å². The van der Waals surface area contributed by atoms with E-state index in [1.165, 1.54) is 12.7 Å². The molecule has 380 valence electrons. The zero-order valence-corrected chi connectivity index (χ0v) is 44.0. The molecular weight excluding hydrogens is 1020 g/mol. The van der Waals surface area contributed by atoms with Gasteiger partial charge >= 0.3 is 45.1 Å². The molecule has 13 nitrogen and oxygen atoms in total. The molecule has 1 aromatic heterocycles. The minimum atomic E-state index is -1.28. The summed E-state index contributed by atoms with van der Waals surface area (Å²) in [5.41, 5.74) is -0.520. The van der Waals surface area contributed by atoms with Crippen molar-refractivity contribution in [3.63, 3.8) is 0 Å². The van der Waals surface area contributed by atoms with Crippen LogP contribution in [0.15, 0.2) is 97.1 Å². The monoisotopic (exact) mass is 1090 g/mol. The fraction of sp³-hybridized carbons (Fsp3) is 0.509. The van der Waals surface area contributed by atoms with Crippen LogP contribution in [0, 0.1) is 42.1 Å². The van der Waals surface area contributed by atoms with Crippen molar-refractivity contribution >= 4 is 45.7 Å². The van der Waals surface area contributed by atoms with E-state index < -0.39 is 52.3 Å². The van der Waals surface area contributed by atoms with Gasteiger partial charge in [0.05, 0.1) is 58.8 Å². The first-order chi connectivity index (χ1) is 34.0. The number of nitrogens with zero attached hydrogens (tertiary/aromatic N) is 1. The van der Waals surface area contributed by atoms with E-state index in [1.807, 2.05) is 79.7 Å². The molecule has 14 heteroatoms. The molecule has 8 atom stereocenters. The molecule has 2 heterocycles. The van der Waals surface area contributed by atoms with Gasteiger partial charge in [-0.3, -0.25) is 14.4 Å². The zero-order valence-electron chi connectivity index (χ0n) is 41.9. The number of hydrogen-bond donors (Lipinski definition) is 1. The lowest BCUT2D eigenvalue weighted by Crippen LogP contribution is -3.61. The minimum absolute atomic E-state index is 0.0146. The second-order valence-electron chi connectivity index (χ2n) is 21.0. The summed E-state index contributed by atoms with van der Waals surface area (Å²) in [6.07, 6.45) is 3.27.